The van der Waals surface area contributed by atoms with Crippen LogP contribution in [-0.4, -0.2) is 40.3 Å². The predicted molar refractivity (Wildman–Crippen MR) is 118 cm³/mol. The average molecular weight is 484 g/mol. The minimum atomic E-state index is -0.263. The lowest BCUT2D eigenvalue weighted by molar-refractivity contribution is -0.143. The Kier molecular flexibility index (Phi) is 9.16. The van der Waals surface area contributed by atoms with Gasteiger partial charge in [0.1, 0.15) is 0 Å². The number of fused-ring (bicyclic) bond motifs is 1. The third-order valence-corrected chi connectivity index (χ3v) is 5.42. The maximum Gasteiger partial charge on any atom is 0.305 e. The summed E-state index contributed by atoms with van der Waals surface area (Å²) in [7, 11) is 0. The number of hydrogen-bond acceptors (Lipinski definition) is 6. The van der Waals surface area contributed by atoms with Crippen molar-refractivity contribution in [3.8, 4) is 0 Å². The number of ether oxygens (including phenoxy) is 1. The third-order valence-electron chi connectivity index (χ3n) is 3.95. The van der Waals surface area contributed by atoms with E-state index in [4.69, 9.17) is 4.74 Å². The summed E-state index contributed by atoms with van der Waals surface area (Å²) in [4.78, 5) is 41.0. The molecule has 1 heterocycles. The van der Waals surface area contributed by atoms with Gasteiger partial charge in [0.05, 0.1) is 23.3 Å². The maximum atomic E-state index is 13.0. The zero-order valence-corrected chi connectivity index (χ0v) is 19.3. The number of benzene rings is 1. The fourth-order valence-corrected chi connectivity index (χ4v) is 3.88. The highest BCUT2D eigenvalue weighted by molar-refractivity contribution is 9.10. The second kappa shape index (κ2) is 11.3. The first-order valence-corrected chi connectivity index (χ1v) is 11.3. The van der Waals surface area contributed by atoms with E-state index >= 15 is 0 Å². The molecule has 1 N–H and O–H groups in total. The van der Waals surface area contributed by atoms with Crippen LogP contribution in [0.25, 0.3) is 10.9 Å². The summed E-state index contributed by atoms with van der Waals surface area (Å²) >= 11 is 4.63. The summed E-state index contributed by atoms with van der Waals surface area (Å²) < 4.78 is 7.31. The van der Waals surface area contributed by atoms with Gasteiger partial charge in [-0.15, -0.1) is 0 Å². The first-order valence-electron chi connectivity index (χ1n) is 9.57. The third kappa shape index (κ3) is 7.15. The normalized spacial score (nSPS) is 11.1. The molecule has 0 saturated heterocycles. The highest BCUT2D eigenvalue weighted by Gasteiger charge is 2.14. The smallest absolute Gasteiger partial charge is 0.305 e. The van der Waals surface area contributed by atoms with Gasteiger partial charge in [-0.3, -0.25) is 19.0 Å². The second-order valence-corrected chi connectivity index (χ2v) is 8.77. The van der Waals surface area contributed by atoms with Gasteiger partial charge in [0.25, 0.3) is 5.56 Å². The van der Waals surface area contributed by atoms with Gasteiger partial charge >= 0.3 is 5.97 Å². The fourth-order valence-electron chi connectivity index (χ4n) is 2.68. The largest absolute Gasteiger partial charge is 0.466 e. The van der Waals surface area contributed by atoms with Crippen LogP contribution in [0.15, 0.2) is 32.6 Å². The van der Waals surface area contributed by atoms with E-state index in [-0.39, 0.29) is 35.5 Å². The minimum absolute atomic E-state index is 0.109. The number of halogens is 1. The molecule has 7 nitrogen and oxygen atoms in total. The molecule has 1 amide bonds. The Bertz CT molecular complexity index is 930. The lowest BCUT2D eigenvalue weighted by Gasteiger charge is -2.15. The van der Waals surface area contributed by atoms with E-state index in [1.807, 2.05) is 19.9 Å². The molecular formula is C20H26BrN3O4S. The SMILES string of the molecule is CCOC(=O)CCCNC(=O)CSc1nc2ccc(Br)cc2c(=O)n1CC(C)C. The van der Waals surface area contributed by atoms with E-state index in [0.717, 1.165) is 4.47 Å². The van der Waals surface area contributed by atoms with Gasteiger partial charge in [-0.1, -0.05) is 41.5 Å². The number of esters is 1. The Labute approximate surface area is 182 Å². The number of carbonyl (C=O) groups excluding carboxylic acids is 2. The van der Waals surface area contributed by atoms with E-state index in [9.17, 15) is 14.4 Å². The maximum absolute atomic E-state index is 13.0. The molecular weight excluding hydrogens is 458 g/mol. The summed E-state index contributed by atoms with van der Waals surface area (Å²) in [5.74, 6) is -0.0255. The summed E-state index contributed by atoms with van der Waals surface area (Å²) in [6, 6.07) is 5.40. The zero-order chi connectivity index (χ0) is 21.4. The Morgan fingerprint density at radius 3 is 2.79 bits per heavy atom. The first kappa shape index (κ1) is 23.4. The van der Waals surface area contributed by atoms with Crippen LogP contribution >= 0.6 is 27.7 Å². The summed E-state index contributed by atoms with van der Waals surface area (Å²) in [5.41, 5.74) is 0.498. The van der Waals surface area contributed by atoms with Gasteiger partial charge in [-0.05, 0) is 37.5 Å². The second-order valence-electron chi connectivity index (χ2n) is 6.91. The van der Waals surface area contributed by atoms with Crippen LogP contribution in [0.3, 0.4) is 0 Å². The molecule has 0 atom stereocenters. The zero-order valence-electron chi connectivity index (χ0n) is 16.9. The van der Waals surface area contributed by atoms with Crippen molar-refractivity contribution in [2.45, 2.75) is 45.3 Å². The van der Waals surface area contributed by atoms with Gasteiger partial charge < -0.3 is 10.1 Å². The van der Waals surface area contributed by atoms with Crippen molar-refractivity contribution in [1.82, 2.24) is 14.9 Å². The van der Waals surface area contributed by atoms with Gasteiger partial charge in [-0.2, -0.15) is 0 Å². The van der Waals surface area contributed by atoms with Crippen molar-refractivity contribution >= 4 is 50.5 Å². The molecule has 1 aromatic heterocycles. The lowest BCUT2D eigenvalue weighted by Crippen LogP contribution is -2.28. The molecule has 2 rings (SSSR count). The Hall–Kier alpha value is -1.87. The molecule has 0 radical (unpaired) electrons. The molecule has 0 aliphatic rings. The highest BCUT2D eigenvalue weighted by Crippen LogP contribution is 2.21. The Balaban J connectivity index is 2.04. The van der Waals surface area contributed by atoms with Crippen molar-refractivity contribution in [3.63, 3.8) is 0 Å². The molecule has 0 aliphatic heterocycles. The fraction of sp³-hybridized carbons (Fsp3) is 0.500. The Morgan fingerprint density at radius 1 is 1.34 bits per heavy atom. The number of nitrogens with zero attached hydrogens (tertiary/aromatic N) is 2. The number of rotatable bonds is 10. The lowest BCUT2D eigenvalue weighted by atomic mass is 10.2. The van der Waals surface area contributed by atoms with E-state index in [1.165, 1.54) is 11.8 Å². The minimum Gasteiger partial charge on any atom is -0.466 e. The topological polar surface area (TPSA) is 90.3 Å². The van der Waals surface area contributed by atoms with Crippen molar-refractivity contribution in [2.24, 2.45) is 5.92 Å². The van der Waals surface area contributed by atoms with E-state index < -0.39 is 0 Å². The monoisotopic (exact) mass is 483 g/mol. The van der Waals surface area contributed by atoms with Gasteiger partial charge in [0, 0.05) is 24.0 Å². The molecule has 158 valence electrons. The van der Waals surface area contributed by atoms with Crippen LogP contribution in [0.5, 0.6) is 0 Å². The molecule has 0 fully saturated rings. The van der Waals surface area contributed by atoms with Gasteiger partial charge in [0.15, 0.2) is 5.16 Å². The van der Waals surface area contributed by atoms with Crippen molar-refractivity contribution in [1.29, 1.82) is 0 Å². The van der Waals surface area contributed by atoms with Crippen LogP contribution < -0.4 is 10.9 Å². The molecule has 0 saturated carbocycles. The van der Waals surface area contributed by atoms with Gasteiger partial charge in [0.2, 0.25) is 5.91 Å². The van der Waals surface area contributed by atoms with Crippen molar-refractivity contribution in [2.75, 3.05) is 18.9 Å². The van der Waals surface area contributed by atoms with Crippen molar-refractivity contribution < 1.29 is 14.3 Å². The number of nitrogens with one attached hydrogen (secondary N) is 1. The van der Waals surface area contributed by atoms with Crippen LogP contribution in [0.2, 0.25) is 0 Å². The molecule has 9 heteroatoms. The number of amides is 1. The first-order chi connectivity index (χ1) is 13.8. The van der Waals surface area contributed by atoms with E-state index in [2.05, 4.69) is 26.2 Å². The molecule has 2 aromatic rings. The van der Waals surface area contributed by atoms with E-state index in [0.29, 0.717) is 42.2 Å². The summed E-state index contributed by atoms with van der Waals surface area (Å²) in [6.45, 7) is 7.10. The summed E-state index contributed by atoms with van der Waals surface area (Å²) in [6.07, 6.45) is 0.799. The highest BCUT2D eigenvalue weighted by atomic mass is 79.9. The molecule has 0 aliphatic carbocycles. The number of hydrogen-bond donors (Lipinski definition) is 1. The molecule has 0 spiro atoms. The number of thioether (sulfide) groups is 1. The van der Waals surface area contributed by atoms with Crippen LogP contribution in [0, 0.1) is 5.92 Å². The predicted octanol–water partition coefficient (Wildman–Crippen LogP) is 3.37. The van der Waals surface area contributed by atoms with Crippen molar-refractivity contribution in [3.05, 3.63) is 33.0 Å². The van der Waals surface area contributed by atoms with Gasteiger partial charge in [-0.25, -0.2) is 4.98 Å². The standard InChI is InChI=1S/C20H26BrN3O4S/c1-4-28-18(26)6-5-9-22-17(25)12-29-20-23-16-8-7-14(21)10-15(16)19(27)24(20)11-13(2)3/h7-8,10,13H,4-6,9,11-12H2,1-3H3,(H,22,25). The molecule has 0 bridgehead atoms. The molecule has 0 unspecified atom stereocenters. The van der Waals surface area contributed by atoms with Crippen LogP contribution in [0.1, 0.15) is 33.6 Å². The quantitative estimate of drug-likeness (QED) is 0.241. The van der Waals surface area contributed by atoms with Crippen LogP contribution in [0.4, 0.5) is 0 Å². The van der Waals surface area contributed by atoms with E-state index in [1.54, 1.807) is 23.6 Å². The molecule has 29 heavy (non-hydrogen) atoms. The number of carbonyl (C=O) groups is 2. The molecule has 1 aromatic carbocycles. The average Bonchev–Trinajstić information content (AvgIpc) is 2.66. The van der Waals surface area contributed by atoms with Crippen LogP contribution in [-0.2, 0) is 20.9 Å². The number of aromatic nitrogens is 2. The summed E-state index contributed by atoms with van der Waals surface area (Å²) in [5, 5.41) is 3.86. The Morgan fingerprint density at radius 2 is 2.10 bits per heavy atom.